The summed E-state index contributed by atoms with van der Waals surface area (Å²) in [5.74, 6) is 2.56. The van der Waals surface area contributed by atoms with Gasteiger partial charge in [-0.2, -0.15) is 0 Å². The van der Waals surface area contributed by atoms with Crippen molar-refractivity contribution in [2.24, 2.45) is 0 Å². The SMILES string of the molecule is CN1CCN(c2nccn3c(-c4ccccc4Oc4ccccc4)cnc23)CC1. The Kier molecular flexibility index (Phi) is 4.62. The van der Waals surface area contributed by atoms with E-state index in [2.05, 4.69) is 32.3 Å². The predicted molar refractivity (Wildman–Crippen MR) is 115 cm³/mol. The normalized spacial score (nSPS) is 15.0. The molecule has 1 aliphatic rings. The van der Waals surface area contributed by atoms with Crippen molar-refractivity contribution in [3.8, 4) is 22.8 Å². The molecule has 2 aromatic heterocycles. The van der Waals surface area contributed by atoms with Gasteiger partial charge in [0.05, 0.1) is 11.9 Å². The number of hydrogen-bond acceptors (Lipinski definition) is 5. The van der Waals surface area contributed by atoms with Gasteiger partial charge in [0.25, 0.3) is 0 Å². The highest BCUT2D eigenvalue weighted by Crippen LogP contribution is 2.34. The second-order valence-electron chi connectivity index (χ2n) is 7.29. The summed E-state index contributed by atoms with van der Waals surface area (Å²) in [7, 11) is 2.16. The molecule has 1 saturated heterocycles. The van der Waals surface area contributed by atoms with Crippen LogP contribution in [0.4, 0.5) is 5.82 Å². The number of imidazole rings is 1. The van der Waals surface area contributed by atoms with Gasteiger partial charge in [0.2, 0.25) is 0 Å². The van der Waals surface area contributed by atoms with E-state index in [-0.39, 0.29) is 0 Å². The first-order valence-electron chi connectivity index (χ1n) is 9.87. The van der Waals surface area contributed by atoms with E-state index in [1.807, 2.05) is 67.1 Å². The summed E-state index contributed by atoms with van der Waals surface area (Å²) < 4.78 is 8.27. The number of hydrogen-bond donors (Lipinski definition) is 0. The molecule has 0 bridgehead atoms. The molecule has 0 N–H and O–H groups in total. The summed E-state index contributed by atoms with van der Waals surface area (Å²) in [6.07, 6.45) is 5.73. The second kappa shape index (κ2) is 7.56. The molecule has 4 aromatic rings. The van der Waals surface area contributed by atoms with Gasteiger partial charge in [-0.05, 0) is 31.3 Å². The Balaban J connectivity index is 1.54. The van der Waals surface area contributed by atoms with Crippen LogP contribution >= 0.6 is 0 Å². The van der Waals surface area contributed by atoms with Crippen molar-refractivity contribution < 1.29 is 4.74 Å². The number of benzene rings is 2. The maximum Gasteiger partial charge on any atom is 0.180 e. The van der Waals surface area contributed by atoms with E-state index in [1.54, 1.807) is 0 Å². The van der Waals surface area contributed by atoms with E-state index >= 15 is 0 Å². The van der Waals surface area contributed by atoms with Gasteiger partial charge in [0, 0.05) is 44.1 Å². The van der Waals surface area contributed by atoms with Crippen LogP contribution in [0.1, 0.15) is 0 Å². The number of fused-ring (bicyclic) bond motifs is 1. The lowest BCUT2D eigenvalue weighted by atomic mass is 10.1. The van der Waals surface area contributed by atoms with Crippen molar-refractivity contribution in [3.05, 3.63) is 73.2 Å². The minimum atomic E-state index is 0.804. The number of ether oxygens (including phenoxy) is 1. The van der Waals surface area contributed by atoms with Crippen molar-refractivity contribution in [3.63, 3.8) is 0 Å². The van der Waals surface area contributed by atoms with Gasteiger partial charge in [-0.1, -0.05) is 30.3 Å². The van der Waals surface area contributed by atoms with Gasteiger partial charge in [0.1, 0.15) is 11.5 Å². The third-order valence-corrected chi connectivity index (χ3v) is 5.35. The maximum absolute atomic E-state index is 6.17. The molecule has 1 fully saturated rings. The van der Waals surface area contributed by atoms with Crippen LogP contribution in [0.5, 0.6) is 11.5 Å². The van der Waals surface area contributed by atoms with Crippen LogP contribution in [0.3, 0.4) is 0 Å². The summed E-state index contributed by atoms with van der Waals surface area (Å²) in [4.78, 5) is 14.0. The fraction of sp³-hybridized carbons (Fsp3) is 0.217. The van der Waals surface area contributed by atoms with Crippen molar-refractivity contribution in [2.75, 3.05) is 38.1 Å². The highest BCUT2D eigenvalue weighted by atomic mass is 16.5. The van der Waals surface area contributed by atoms with Gasteiger partial charge in [-0.15, -0.1) is 0 Å². The smallest absolute Gasteiger partial charge is 0.180 e. The molecular weight excluding hydrogens is 362 g/mol. The van der Waals surface area contributed by atoms with Crippen LogP contribution in [-0.4, -0.2) is 52.5 Å². The molecule has 0 atom stereocenters. The fourth-order valence-electron chi connectivity index (χ4n) is 3.73. The Labute approximate surface area is 170 Å². The zero-order valence-corrected chi connectivity index (χ0v) is 16.4. The van der Waals surface area contributed by atoms with Gasteiger partial charge in [-0.3, -0.25) is 4.40 Å². The predicted octanol–water partition coefficient (Wildman–Crippen LogP) is 3.94. The first-order chi connectivity index (χ1) is 14.3. The molecule has 0 radical (unpaired) electrons. The van der Waals surface area contributed by atoms with Crippen molar-refractivity contribution in [1.29, 1.82) is 0 Å². The van der Waals surface area contributed by atoms with E-state index in [0.29, 0.717) is 0 Å². The topological polar surface area (TPSA) is 45.9 Å². The monoisotopic (exact) mass is 385 g/mol. The van der Waals surface area contributed by atoms with Crippen molar-refractivity contribution >= 4 is 11.5 Å². The molecule has 0 unspecified atom stereocenters. The molecule has 6 heteroatoms. The van der Waals surface area contributed by atoms with Crippen molar-refractivity contribution in [1.82, 2.24) is 19.3 Å². The van der Waals surface area contributed by atoms with Crippen LogP contribution < -0.4 is 9.64 Å². The van der Waals surface area contributed by atoms with Gasteiger partial charge in [-0.25, -0.2) is 9.97 Å². The Hall–Kier alpha value is -3.38. The van der Waals surface area contributed by atoms with Crippen LogP contribution in [0.2, 0.25) is 0 Å². The Morgan fingerprint density at radius 1 is 0.862 bits per heavy atom. The quantitative estimate of drug-likeness (QED) is 0.532. The van der Waals surface area contributed by atoms with Gasteiger partial charge < -0.3 is 14.5 Å². The van der Waals surface area contributed by atoms with E-state index in [9.17, 15) is 0 Å². The number of nitrogens with zero attached hydrogens (tertiary/aromatic N) is 5. The number of para-hydroxylation sites is 2. The minimum Gasteiger partial charge on any atom is -0.457 e. The summed E-state index contributed by atoms with van der Waals surface area (Å²) in [6, 6.07) is 17.9. The molecule has 0 amide bonds. The average Bonchev–Trinajstić information content (AvgIpc) is 3.20. The number of likely N-dealkylation sites (N-methyl/N-ethyl adjacent to an activating group) is 1. The summed E-state index contributed by atoms with van der Waals surface area (Å²) in [5.41, 5.74) is 2.87. The highest BCUT2D eigenvalue weighted by Gasteiger charge is 2.20. The first-order valence-corrected chi connectivity index (χ1v) is 9.87. The lowest BCUT2D eigenvalue weighted by Gasteiger charge is -2.33. The lowest BCUT2D eigenvalue weighted by Crippen LogP contribution is -2.45. The van der Waals surface area contributed by atoms with Crippen LogP contribution in [0, 0.1) is 0 Å². The highest BCUT2D eigenvalue weighted by molar-refractivity contribution is 5.74. The molecule has 0 spiro atoms. The molecule has 1 aliphatic heterocycles. The van der Waals surface area contributed by atoms with E-state index in [1.165, 1.54) is 0 Å². The summed E-state index contributed by atoms with van der Waals surface area (Å²) >= 11 is 0. The molecule has 3 heterocycles. The van der Waals surface area contributed by atoms with E-state index in [0.717, 1.165) is 60.4 Å². The lowest BCUT2D eigenvalue weighted by molar-refractivity contribution is 0.312. The number of anilines is 1. The molecule has 5 rings (SSSR count). The average molecular weight is 385 g/mol. The van der Waals surface area contributed by atoms with E-state index in [4.69, 9.17) is 9.72 Å². The largest absolute Gasteiger partial charge is 0.457 e. The van der Waals surface area contributed by atoms with Crippen LogP contribution in [0.15, 0.2) is 73.2 Å². The van der Waals surface area contributed by atoms with E-state index < -0.39 is 0 Å². The van der Waals surface area contributed by atoms with Gasteiger partial charge >= 0.3 is 0 Å². The summed E-state index contributed by atoms with van der Waals surface area (Å²) in [6.45, 7) is 3.98. The summed E-state index contributed by atoms with van der Waals surface area (Å²) in [5, 5.41) is 0. The third-order valence-electron chi connectivity index (χ3n) is 5.35. The van der Waals surface area contributed by atoms with Crippen LogP contribution in [-0.2, 0) is 0 Å². The zero-order valence-electron chi connectivity index (χ0n) is 16.4. The van der Waals surface area contributed by atoms with Crippen molar-refractivity contribution in [2.45, 2.75) is 0 Å². The maximum atomic E-state index is 6.17. The standard InChI is InChI=1S/C23H23N5O/c1-26-13-15-27(16-14-26)22-23-25-17-20(28(23)12-11-24-22)19-9-5-6-10-21(19)29-18-7-3-2-4-8-18/h2-12,17H,13-16H2,1H3. The molecule has 0 saturated carbocycles. The minimum absolute atomic E-state index is 0.804. The number of aromatic nitrogens is 3. The third kappa shape index (κ3) is 3.43. The molecular formula is C23H23N5O. The number of piperazine rings is 1. The Bertz CT molecular complexity index is 1120. The Morgan fingerprint density at radius 2 is 1.62 bits per heavy atom. The molecule has 0 aliphatic carbocycles. The zero-order chi connectivity index (χ0) is 19.6. The molecule has 146 valence electrons. The second-order valence-corrected chi connectivity index (χ2v) is 7.29. The Morgan fingerprint density at radius 3 is 2.45 bits per heavy atom. The molecule has 6 nitrogen and oxygen atoms in total. The van der Waals surface area contributed by atoms with Crippen LogP contribution in [0.25, 0.3) is 16.9 Å². The molecule has 2 aromatic carbocycles. The first kappa shape index (κ1) is 17.7. The fourth-order valence-corrected chi connectivity index (χ4v) is 3.73. The molecule has 29 heavy (non-hydrogen) atoms. The number of rotatable bonds is 4. The van der Waals surface area contributed by atoms with Gasteiger partial charge in [0.15, 0.2) is 11.5 Å².